The first-order valence-electron chi connectivity index (χ1n) is 11.1. The molecule has 1 N–H and O–H groups in total. The zero-order valence-corrected chi connectivity index (χ0v) is 20.8. The number of halogens is 1. The molecule has 1 amide bonds. The van der Waals surface area contributed by atoms with Crippen molar-refractivity contribution in [3.8, 4) is 5.75 Å². The van der Waals surface area contributed by atoms with Crippen LogP contribution < -0.4 is 10.1 Å². The Labute approximate surface area is 205 Å². The molecule has 0 saturated heterocycles. The maximum Gasteiger partial charge on any atom is 0.333 e. The number of carbonyl (C=O) groups excluding carboxylic acids is 2. The smallest absolute Gasteiger partial charge is 0.333 e. The molecule has 3 aromatic rings. The lowest BCUT2D eigenvalue weighted by atomic mass is 10.0. The van der Waals surface area contributed by atoms with Crippen molar-refractivity contribution in [1.29, 1.82) is 0 Å². The summed E-state index contributed by atoms with van der Waals surface area (Å²) in [4.78, 5) is 26.2. The van der Waals surface area contributed by atoms with Gasteiger partial charge in [-0.15, -0.1) is 0 Å². The highest BCUT2D eigenvalue weighted by atomic mass is 35.5. The molecule has 1 atom stereocenters. The van der Waals surface area contributed by atoms with Crippen molar-refractivity contribution in [3.05, 3.63) is 82.1 Å². The number of hydrogen-bond acceptors (Lipinski definition) is 5. The Bertz CT molecular complexity index is 1140. The first-order valence-corrected chi connectivity index (χ1v) is 11.5. The molecule has 7 nitrogen and oxygen atoms in total. The summed E-state index contributed by atoms with van der Waals surface area (Å²) in [5, 5.41) is 8.02. The van der Waals surface area contributed by atoms with Crippen LogP contribution in [0.2, 0.25) is 5.02 Å². The van der Waals surface area contributed by atoms with Crippen LogP contribution in [0.25, 0.3) is 0 Å². The van der Waals surface area contributed by atoms with Crippen molar-refractivity contribution >= 4 is 23.5 Å². The molecule has 34 heavy (non-hydrogen) atoms. The predicted molar refractivity (Wildman–Crippen MR) is 131 cm³/mol. The molecule has 0 bridgehead atoms. The number of aromatic nitrogens is 2. The summed E-state index contributed by atoms with van der Waals surface area (Å²) in [7, 11) is 0. The van der Waals surface area contributed by atoms with E-state index in [9.17, 15) is 9.59 Å². The normalized spacial score (nSPS) is 12.2. The number of carbonyl (C=O) groups is 2. The molecule has 0 spiro atoms. The van der Waals surface area contributed by atoms with Crippen LogP contribution in [0.4, 0.5) is 0 Å². The van der Waals surface area contributed by atoms with Gasteiger partial charge in [0.1, 0.15) is 5.75 Å². The molecule has 0 radical (unpaired) electrons. The molecule has 0 aliphatic rings. The largest absolute Gasteiger partial charge is 0.478 e. The third kappa shape index (κ3) is 5.97. The molecule has 0 aliphatic carbocycles. The van der Waals surface area contributed by atoms with E-state index in [0.29, 0.717) is 28.6 Å². The van der Waals surface area contributed by atoms with Crippen molar-refractivity contribution in [1.82, 2.24) is 15.1 Å². The lowest BCUT2D eigenvalue weighted by Crippen LogP contribution is -2.49. The number of rotatable bonds is 9. The Morgan fingerprint density at radius 1 is 1.09 bits per heavy atom. The van der Waals surface area contributed by atoms with Crippen LogP contribution in [-0.4, -0.2) is 33.9 Å². The summed E-state index contributed by atoms with van der Waals surface area (Å²) < 4.78 is 13.0. The van der Waals surface area contributed by atoms with Gasteiger partial charge in [0.15, 0.2) is 11.6 Å². The van der Waals surface area contributed by atoms with Crippen LogP contribution in [0, 0.1) is 13.8 Å². The van der Waals surface area contributed by atoms with Crippen LogP contribution in [0.15, 0.2) is 54.6 Å². The van der Waals surface area contributed by atoms with Gasteiger partial charge in [0, 0.05) is 16.3 Å². The van der Waals surface area contributed by atoms with E-state index in [2.05, 4.69) is 10.4 Å². The van der Waals surface area contributed by atoms with E-state index in [0.717, 1.165) is 11.3 Å². The Kier molecular flexibility index (Phi) is 7.99. The van der Waals surface area contributed by atoms with Crippen molar-refractivity contribution in [3.63, 3.8) is 0 Å². The first-order chi connectivity index (χ1) is 16.1. The molecule has 0 aliphatic heterocycles. The average molecular weight is 484 g/mol. The van der Waals surface area contributed by atoms with Gasteiger partial charge in [-0.05, 0) is 64.4 Å². The quantitative estimate of drug-likeness (QED) is 0.443. The molecular weight excluding hydrogens is 454 g/mol. The van der Waals surface area contributed by atoms with Gasteiger partial charge in [-0.1, -0.05) is 41.9 Å². The second-order valence-corrected chi connectivity index (χ2v) is 8.89. The van der Waals surface area contributed by atoms with E-state index >= 15 is 0 Å². The van der Waals surface area contributed by atoms with Crippen LogP contribution >= 0.6 is 11.6 Å². The number of nitrogens with zero attached hydrogens (tertiary/aromatic N) is 2. The van der Waals surface area contributed by atoms with Crippen molar-refractivity contribution in [2.45, 2.75) is 52.8 Å². The molecule has 1 heterocycles. The number of benzene rings is 2. The van der Waals surface area contributed by atoms with Crippen LogP contribution in [-0.2, 0) is 20.9 Å². The first kappa shape index (κ1) is 25.3. The fraction of sp³-hybridized carbons (Fsp3) is 0.346. The van der Waals surface area contributed by atoms with E-state index in [1.54, 1.807) is 45.0 Å². The van der Waals surface area contributed by atoms with Crippen molar-refractivity contribution in [2.75, 3.05) is 6.61 Å². The van der Waals surface area contributed by atoms with E-state index in [1.165, 1.54) is 0 Å². The van der Waals surface area contributed by atoms with Gasteiger partial charge in [0.25, 0.3) is 5.91 Å². The second-order valence-electron chi connectivity index (χ2n) is 8.45. The summed E-state index contributed by atoms with van der Waals surface area (Å²) >= 11 is 5.94. The van der Waals surface area contributed by atoms with Gasteiger partial charge in [0.05, 0.1) is 18.8 Å². The van der Waals surface area contributed by atoms with Crippen molar-refractivity contribution < 1.29 is 19.1 Å². The minimum Gasteiger partial charge on any atom is -0.478 e. The summed E-state index contributed by atoms with van der Waals surface area (Å²) in [6.45, 7) is 9.43. The number of aryl methyl sites for hydroxylation is 1. The SMILES string of the molecule is CCOC(=O)[C@@H](NC(=O)C(C)(C)Oc1ccc(Cl)cc1)c1c(C)nn(Cc2ccccc2)c1C. The maximum absolute atomic E-state index is 13.3. The van der Waals surface area contributed by atoms with Gasteiger partial charge in [-0.3, -0.25) is 9.48 Å². The van der Waals surface area contributed by atoms with Crippen LogP contribution in [0.3, 0.4) is 0 Å². The highest BCUT2D eigenvalue weighted by molar-refractivity contribution is 6.30. The highest BCUT2D eigenvalue weighted by Gasteiger charge is 2.37. The third-order valence-corrected chi connectivity index (χ3v) is 5.68. The summed E-state index contributed by atoms with van der Waals surface area (Å²) in [5.74, 6) is -0.529. The fourth-order valence-electron chi connectivity index (χ4n) is 3.66. The highest BCUT2D eigenvalue weighted by Crippen LogP contribution is 2.26. The van der Waals surface area contributed by atoms with E-state index < -0.39 is 23.5 Å². The minimum atomic E-state index is -1.26. The van der Waals surface area contributed by atoms with Crippen LogP contribution in [0.5, 0.6) is 5.75 Å². The molecule has 8 heteroatoms. The fourth-order valence-corrected chi connectivity index (χ4v) is 3.79. The number of amides is 1. The number of nitrogens with one attached hydrogen (secondary N) is 1. The molecule has 0 unspecified atom stereocenters. The number of esters is 1. The molecule has 3 rings (SSSR count). The van der Waals surface area contributed by atoms with Gasteiger partial charge in [-0.25, -0.2) is 4.79 Å². The Morgan fingerprint density at radius 3 is 2.35 bits per heavy atom. The molecule has 180 valence electrons. The zero-order valence-electron chi connectivity index (χ0n) is 20.1. The number of hydrogen-bond donors (Lipinski definition) is 1. The molecule has 2 aromatic carbocycles. The average Bonchev–Trinajstić information content (AvgIpc) is 3.06. The van der Waals surface area contributed by atoms with Crippen LogP contribution in [0.1, 0.15) is 49.3 Å². The summed E-state index contributed by atoms with van der Waals surface area (Å²) in [6.07, 6.45) is 0. The standard InChI is InChI=1S/C26H30ClN3O4/c1-6-33-24(31)23(28-25(32)26(4,5)34-21-14-12-20(27)13-15-21)22-17(2)29-30(18(22)3)16-19-10-8-7-9-11-19/h7-15,23H,6,16H2,1-5H3,(H,28,32)/t23-/m0/s1. The predicted octanol–water partition coefficient (Wildman–Crippen LogP) is 4.78. The Morgan fingerprint density at radius 2 is 1.74 bits per heavy atom. The molecule has 1 aromatic heterocycles. The Hall–Kier alpha value is -3.32. The maximum atomic E-state index is 13.3. The van der Waals surface area contributed by atoms with Gasteiger partial charge in [0.2, 0.25) is 0 Å². The minimum absolute atomic E-state index is 0.187. The van der Waals surface area contributed by atoms with E-state index in [4.69, 9.17) is 21.1 Å². The Balaban J connectivity index is 1.88. The second kappa shape index (κ2) is 10.7. The van der Waals surface area contributed by atoms with Gasteiger partial charge >= 0.3 is 5.97 Å². The topological polar surface area (TPSA) is 82.4 Å². The van der Waals surface area contributed by atoms with E-state index in [1.807, 2.05) is 48.9 Å². The van der Waals surface area contributed by atoms with Gasteiger partial charge in [-0.2, -0.15) is 5.10 Å². The third-order valence-electron chi connectivity index (χ3n) is 5.43. The lowest BCUT2D eigenvalue weighted by molar-refractivity contribution is -0.149. The van der Waals surface area contributed by atoms with Crippen molar-refractivity contribution in [2.24, 2.45) is 0 Å². The summed E-state index contributed by atoms with van der Waals surface area (Å²) in [5.41, 5.74) is 1.85. The summed E-state index contributed by atoms with van der Waals surface area (Å²) in [6, 6.07) is 15.6. The molecule has 0 fully saturated rings. The number of ether oxygens (including phenoxy) is 2. The zero-order chi connectivity index (χ0) is 24.9. The van der Waals surface area contributed by atoms with E-state index in [-0.39, 0.29) is 6.61 Å². The molecular formula is C26H30ClN3O4. The van der Waals surface area contributed by atoms with Gasteiger partial charge < -0.3 is 14.8 Å². The lowest BCUT2D eigenvalue weighted by Gasteiger charge is -2.28. The monoisotopic (exact) mass is 483 g/mol. The molecule has 0 saturated carbocycles.